The lowest BCUT2D eigenvalue weighted by Gasteiger charge is -2.25. The molecule has 20 heavy (non-hydrogen) atoms. The van der Waals surface area contributed by atoms with Crippen LogP contribution in [-0.2, 0) is 4.79 Å². The topological polar surface area (TPSA) is 84.3 Å². The summed E-state index contributed by atoms with van der Waals surface area (Å²) in [6, 6.07) is 4.73. The highest BCUT2D eigenvalue weighted by Gasteiger charge is 2.39. The molecule has 0 saturated carbocycles. The molecule has 1 aliphatic rings. The van der Waals surface area contributed by atoms with Crippen LogP contribution in [0.4, 0.5) is 11.4 Å². The van der Waals surface area contributed by atoms with Crippen molar-refractivity contribution in [2.45, 2.75) is 26.7 Å². The van der Waals surface area contributed by atoms with Gasteiger partial charge in [-0.3, -0.25) is 14.9 Å². The van der Waals surface area contributed by atoms with Crippen LogP contribution >= 0.6 is 0 Å². The third kappa shape index (κ3) is 2.51. The van der Waals surface area contributed by atoms with E-state index in [0.717, 1.165) is 19.4 Å². The molecule has 1 unspecified atom stereocenters. The van der Waals surface area contributed by atoms with Crippen molar-refractivity contribution in [2.24, 2.45) is 5.41 Å². The molecule has 1 aliphatic heterocycles. The largest absolute Gasteiger partial charge is 0.325 e. The predicted octanol–water partition coefficient (Wildman–Crippen LogP) is 2.23. The molecule has 0 radical (unpaired) electrons. The molecule has 1 amide bonds. The number of benzene rings is 1. The van der Waals surface area contributed by atoms with Gasteiger partial charge in [-0.1, -0.05) is 13.0 Å². The van der Waals surface area contributed by atoms with E-state index in [1.54, 1.807) is 19.1 Å². The maximum absolute atomic E-state index is 12.5. The number of anilines is 1. The Balaban J connectivity index is 2.24. The lowest BCUT2D eigenvalue weighted by molar-refractivity contribution is -0.385. The van der Waals surface area contributed by atoms with Crippen LogP contribution in [0.1, 0.15) is 25.3 Å². The van der Waals surface area contributed by atoms with Crippen LogP contribution in [0.2, 0.25) is 0 Å². The Kier molecular flexibility index (Phi) is 4.04. The second-order valence-corrected chi connectivity index (χ2v) is 5.22. The number of carbonyl (C=O) groups excluding carboxylic acids is 1. The summed E-state index contributed by atoms with van der Waals surface area (Å²) in [6.07, 6.45) is 1.54. The van der Waals surface area contributed by atoms with Gasteiger partial charge in [-0.15, -0.1) is 0 Å². The zero-order chi connectivity index (χ0) is 14.8. The van der Waals surface area contributed by atoms with Crippen LogP contribution < -0.4 is 10.6 Å². The molecule has 1 heterocycles. The second kappa shape index (κ2) is 5.58. The maximum atomic E-state index is 12.5. The fraction of sp³-hybridized carbons (Fsp3) is 0.500. The zero-order valence-corrected chi connectivity index (χ0v) is 11.7. The molecule has 6 heteroatoms. The molecule has 6 nitrogen and oxygen atoms in total. The summed E-state index contributed by atoms with van der Waals surface area (Å²) in [5, 5.41) is 17.0. The number of carbonyl (C=O) groups is 1. The summed E-state index contributed by atoms with van der Waals surface area (Å²) in [5.74, 6) is -0.0615. The van der Waals surface area contributed by atoms with E-state index in [1.807, 2.05) is 6.92 Å². The zero-order valence-electron chi connectivity index (χ0n) is 11.7. The quantitative estimate of drug-likeness (QED) is 0.653. The summed E-state index contributed by atoms with van der Waals surface area (Å²) in [7, 11) is 0. The normalized spacial score (nSPS) is 21.7. The van der Waals surface area contributed by atoms with E-state index >= 15 is 0 Å². The van der Waals surface area contributed by atoms with E-state index in [-0.39, 0.29) is 11.6 Å². The minimum atomic E-state index is -0.433. The van der Waals surface area contributed by atoms with Crippen LogP contribution in [-0.4, -0.2) is 23.9 Å². The van der Waals surface area contributed by atoms with Gasteiger partial charge in [-0.05, 0) is 32.4 Å². The van der Waals surface area contributed by atoms with Crippen molar-refractivity contribution in [3.63, 3.8) is 0 Å². The lowest BCUT2D eigenvalue weighted by atomic mass is 9.83. The van der Waals surface area contributed by atoms with Gasteiger partial charge in [0.05, 0.1) is 21.6 Å². The number of nitrogens with one attached hydrogen (secondary N) is 2. The highest BCUT2D eigenvalue weighted by molar-refractivity contribution is 5.96. The van der Waals surface area contributed by atoms with Crippen LogP contribution in [0.3, 0.4) is 0 Å². The van der Waals surface area contributed by atoms with Gasteiger partial charge in [-0.25, -0.2) is 0 Å². The first-order valence-corrected chi connectivity index (χ1v) is 6.76. The molecule has 108 valence electrons. The number of nitro benzene ring substituents is 1. The summed E-state index contributed by atoms with van der Waals surface area (Å²) in [5.41, 5.74) is 0.627. The van der Waals surface area contributed by atoms with Gasteiger partial charge in [0.1, 0.15) is 0 Å². The maximum Gasteiger partial charge on any atom is 0.274 e. The summed E-state index contributed by atoms with van der Waals surface area (Å²) >= 11 is 0. The monoisotopic (exact) mass is 277 g/mol. The number of rotatable bonds is 4. The molecule has 0 spiro atoms. The van der Waals surface area contributed by atoms with Gasteiger partial charge in [-0.2, -0.15) is 0 Å². The van der Waals surface area contributed by atoms with Crippen molar-refractivity contribution in [3.05, 3.63) is 33.9 Å². The molecule has 1 saturated heterocycles. The van der Waals surface area contributed by atoms with Crippen LogP contribution in [0.15, 0.2) is 18.2 Å². The predicted molar refractivity (Wildman–Crippen MR) is 76.7 cm³/mol. The minimum absolute atomic E-state index is 0.0258. The highest BCUT2D eigenvalue weighted by Crippen LogP contribution is 2.32. The Labute approximate surface area is 117 Å². The molecule has 0 aliphatic carbocycles. The number of hydrogen-bond acceptors (Lipinski definition) is 4. The molecule has 1 aromatic rings. The first-order valence-electron chi connectivity index (χ1n) is 6.76. The Morgan fingerprint density at radius 2 is 2.30 bits per heavy atom. The fourth-order valence-electron chi connectivity index (χ4n) is 2.61. The molecule has 0 bridgehead atoms. The number of nitrogens with zero attached hydrogens (tertiary/aromatic N) is 1. The Bertz CT molecular complexity index is 536. The Hall–Kier alpha value is -1.95. The van der Waals surface area contributed by atoms with Crippen molar-refractivity contribution in [1.82, 2.24) is 5.32 Å². The third-order valence-corrected chi connectivity index (χ3v) is 4.15. The first kappa shape index (κ1) is 14.5. The molecule has 1 aromatic carbocycles. The summed E-state index contributed by atoms with van der Waals surface area (Å²) in [4.78, 5) is 23.0. The van der Waals surface area contributed by atoms with Gasteiger partial charge in [0.25, 0.3) is 5.69 Å². The van der Waals surface area contributed by atoms with E-state index in [1.165, 1.54) is 6.07 Å². The first-order chi connectivity index (χ1) is 9.50. The Morgan fingerprint density at radius 1 is 1.55 bits per heavy atom. The number of hydrogen-bond donors (Lipinski definition) is 2. The number of amides is 1. The molecular weight excluding hydrogens is 258 g/mol. The van der Waals surface area contributed by atoms with Crippen molar-refractivity contribution >= 4 is 17.3 Å². The van der Waals surface area contributed by atoms with Gasteiger partial charge >= 0.3 is 0 Å². The Morgan fingerprint density at radius 3 is 2.85 bits per heavy atom. The minimum Gasteiger partial charge on any atom is -0.325 e. The van der Waals surface area contributed by atoms with Crippen LogP contribution in [0, 0.1) is 22.5 Å². The average molecular weight is 277 g/mol. The standard InChI is InChI=1S/C14H19N3O3/c1-3-14(7-8-15-9-14)13(18)16-11-5-4-6-12(10(11)2)17(19)20/h4-6,15H,3,7-9H2,1-2H3,(H,16,18). The molecule has 0 aromatic heterocycles. The lowest BCUT2D eigenvalue weighted by Crippen LogP contribution is -2.37. The third-order valence-electron chi connectivity index (χ3n) is 4.15. The van der Waals surface area contributed by atoms with Crippen LogP contribution in [0.25, 0.3) is 0 Å². The smallest absolute Gasteiger partial charge is 0.274 e. The molecule has 1 atom stereocenters. The van der Waals surface area contributed by atoms with E-state index in [2.05, 4.69) is 10.6 Å². The van der Waals surface area contributed by atoms with Crippen molar-refractivity contribution in [1.29, 1.82) is 0 Å². The van der Waals surface area contributed by atoms with E-state index < -0.39 is 10.3 Å². The molecule has 2 rings (SSSR count). The average Bonchev–Trinajstić information content (AvgIpc) is 2.90. The second-order valence-electron chi connectivity index (χ2n) is 5.22. The summed E-state index contributed by atoms with van der Waals surface area (Å²) < 4.78 is 0. The van der Waals surface area contributed by atoms with Gasteiger partial charge in [0, 0.05) is 12.6 Å². The molecule has 1 fully saturated rings. The van der Waals surface area contributed by atoms with Gasteiger partial charge in [0.2, 0.25) is 5.91 Å². The fourth-order valence-corrected chi connectivity index (χ4v) is 2.61. The number of nitro groups is 1. The van der Waals surface area contributed by atoms with Crippen LogP contribution in [0.5, 0.6) is 0 Å². The highest BCUT2D eigenvalue weighted by atomic mass is 16.6. The van der Waals surface area contributed by atoms with E-state index in [4.69, 9.17) is 0 Å². The van der Waals surface area contributed by atoms with Gasteiger partial charge in [0.15, 0.2) is 0 Å². The van der Waals surface area contributed by atoms with E-state index in [9.17, 15) is 14.9 Å². The van der Waals surface area contributed by atoms with Crippen molar-refractivity contribution < 1.29 is 9.72 Å². The van der Waals surface area contributed by atoms with Crippen molar-refractivity contribution in [3.8, 4) is 0 Å². The van der Waals surface area contributed by atoms with E-state index in [0.29, 0.717) is 17.8 Å². The molecule has 2 N–H and O–H groups in total. The summed E-state index contributed by atoms with van der Waals surface area (Å²) in [6.45, 7) is 5.13. The van der Waals surface area contributed by atoms with Gasteiger partial charge < -0.3 is 10.6 Å². The SMILES string of the molecule is CCC1(C(=O)Nc2cccc([N+](=O)[O-])c2C)CCNC1. The molecular formula is C14H19N3O3. The van der Waals surface area contributed by atoms with Crippen molar-refractivity contribution in [2.75, 3.05) is 18.4 Å².